The number of nitrogens with zero attached hydrogens (tertiary/aromatic N) is 2. The fourth-order valence-corrected chi connectivity index (χ4v) is 3.58. The monoisotopic (exact) mass is 338 g/mol. The highest BCUT2D eigenvalue weighted by Gasteiger charge is 2.36. The summed E-state index contributed by atoms with van der Waals surface area (Å²) in [5.41, 5.74) is 3.23. The Morgan fingerprint density at radius 3 is 2.68 bits per heavy atom. The number of benzene rings is 1. The summed E-state index contributed by atoms with van der Waals surface area (Å²) in [6.07, 6.45) is 3.06. The summed E-state index contributed by atoms with van der Waals surface area (Å²) in [5, 5.41) is 9.38. The zero-order valence-corrected chi connectivity index (χ0v) is 14.5. The van der Waals surface area contributed by atoms with Crippen LogP contribution in [-0.4, -0.2) is 39.5 Å². The van der Waals surface area contributed by atoms with Crippen molar-refractivity contribution in [3.05, 3.63) is 53.7 Å². The number of carbonyl (C=O) groups is 2. The van der Waals surface area contributed by atoms with Crippen molar-refractivity contribution in [2.45, 2.75) is 32.7 Å². The van der Waals surface area contributed by atoms with Gasteiger partial charge in [0.05, 0.1) is 11.6 Å². The van der Waals surface area contributed by atoms with Gasteiger partial charge in [0.25, 0.3) is 5.91 Å². The molecule has 1 aliphatic heterocycles. The van der Waals surface area contributed by atoms with E-state index >= 15 is 0 Å². The van der Waals surface area contributed by atoms with Crippen LogP contribution in [-0.2, 0) is 4.79 Å². The van der Waals surface area contributed by atoms with Gasteiger partial charge in [-0.1, -0.05) is 18.2 Å². The smallest absolute Gasteiger partial charge is 0.308 e. The maximum Gasteiger partial charge on any atom is 0.308 e. The minimum atomic E-state index is -0.830. The van der Waals surface area contributed by atoms with Crippen LogP contribution in [0.3, 0.4) is 0 Å². The van der Waals surface area contributed by atoms with Gasteiger partial charge in [-0.25, -0.2) is 0 Å². The van der Waals surface area contributed by atoms with Crippen molar-refractivity contribution in [3.8, 4) is 11.3 Å². The molecule has 0 saturated carbocycles. The molecule has 2 heterocycles. The highest BCUT2D eigenvalue weighted by Crippen LogP contribution is 2.29. The Labute approximate surface area is 147 Å². The number of piperidine rings is 1. The van der Waals surface area contributed by atoms with Crippen LogP contribution in [0.1, 0.15) is 35.7 Å². The number of rotatable bonds is 3. The number of likely N-dealkylation sites (tertiary alicyclic amines) is 1. The molecular weight excluding hydrogens is 316 g/mol. The van der Waals surface area contributed by atoms with Crippen molar-refractivity contribution in [1.82, 2.24) is 9.88 Å². The molecule has 1 aliphatic rings. The molecule has 5 heteroatoms. The number of aromatic nitrogens is 1. The average molecular weight is 338 g/mol. The first-order valence-corrected chi connectivity index (χ1v) is 8.55. The lowest BCUT2D eigenvalue weighted by molar-refractivity contribution is -0.144. The maximum absolute atomic E-state index is 13.1. The molecule has 2 aromatic rings. The highest BCUT2D eigenvalue weighted by molar-refractivity contribution is 5.98. The Morgan fingerprint density at radius 2 is 2.00 bits per heavy atom. The minimum absolute atomic E-state index is 0.103. The molecule has 5 nitrogen and oxygen atoms in total. The third-order valence-electron chi connectivity index (χ3n) is 5.07. The van der Waals surface area contributed by atoms with Crippen molar-refractivity contribution in [2.75, 3.05) is 6.54 Å². The quantitative estimate of drug-likeness (QED) is 0.931. The third-order valence-corrected chi connectivity index (χ3v) is 5.07. The van der Waals surface area contributed by atoms with Crippen LogP contribution in [0.2, 0.25) is 0 Å². The number of carbonyl (C=O) groups excluding carboxylic acids is 1. The molecule has 1 amide bonds. The Kier molecular flexibility index (Phi) is 4.83. The molecule has 0 aliphatic carbocycles. The topological polar surface area (TPSA) is 70.5 Å². The molecule has 1 aromatic heterocycles. The maximum atomic E-state index is 13.1. The third kappa shape index (κ3) is 3.27. The molecule has 130 valence electrons. The molecule has 1 aromatic carbocycles. The normalized spacial score (nSPS) is 20.3. The molecule has 0 unspecified atom stereocenters. The summed E-state index contributed by atoms with van der Waals surface area (Å²) < 4.78 is 0. The fraction of sp³-hybridized carbons (Fsp3) is 0.350. The van der Waals surface area contributed by atoms with Crippen LogP contribution in [0.4, 0.5) is 0 Å². The van der Waals surface area contributed by atoms with Crippen LogP contribution < -0.4 is 0 Å². The number of carboxylic acid groups (broad SMARTS) is 1. The van der Waals surface area contributed by atoms with Gasteiger partial charge < -0.3 is 10.0 Å². The number of amides is 1. The number of pyridine rings is 1. The van der Waals surface area contributed by atoms with Crippen LogP contribution in [0.5, 0.6) is 0 Å². The average Bonchev–Trinajstić information content (AvgIpc) is 2.62. The molecule has 3 rings (SSSR count). The van der Waals surface area contributed by atoms with Gasteiger partial charge in [0.15, 0.2) is 0 Å². The van der Waals surface area contributed by atoms with E-state index in [9.17, 15) is 14.7 Å². The molecule has 1 saturated heterocycles. The number of carboxylic acids is 1. The first kappa shape index (κ1) is 17.1. The van der Waals surface area contributed by atoms with E-state index in [-0.39, 0.29) is 11.9 Å². The largest absolute Gasteiger partial charge is 0.481 e. The number of hydrogen-bond acceptors (Lipinski definition) is 3. The Bertz CT molecular complexity index is 789. The zero-order chi connectivity index (χ0) is 18.0. The van der Waals surface area contributed by atoms with Gasteiger partial charge in [-0.3, -0.25) is 14.6 Å². The standard InChI is InChI=1S/C20H22N2O3/c1-13-15(18-10-3-4-11-21-18)7-5-8-16(13)19(23)22-12-6-9-17(14(22)2)20(24)25/h3-5,7-8,10-11,14,17H,6,9,12H2,1-2H3,(H,24,25)/t14-,17-/m1/s1. The van der Waals surface area contributed by atoms with Gasteiger partial charge >= 0.3 is 5.97 Å². The summed E-state index contributed by atoms with van der Waals surface area (Å²) in [6.45, 7) is 4.34. The first-order valence-electron chi connectivity index (χ1n) is 8.55. The second-order valence-corrected chi connectivity index (χ2v) is 6.52. The van der Waals surface area contributed by atoms with Crippen molar-refractivity contribution in [1.29, 1.82) is 0 Å². The van der Waals surface area contributed by atoms with Gasteiger partial charge in [0.2, 0.25) is 0 Å². The van der Waals surface area contributed by atoms with Gasteiger partial charge in [0, 0.05) is 29.9 Å². The second kappa shape index (κ2) is 7.05. The molecule has 0 spiro atoms. The van der Waals surface area contributed by atoms with Gasteiger partial charge in [-0.2, -0.15) is 0 Å². The van der Waals surface area contributed by atoms with E-state index in [2.05, 4.69) is 4.98 Å². The van der Waals surface area contributed by atoms with Crippen LogP contribution >= 0.6 is 0 Å². The van der Waals surface area contributed by atoms with E-state index < -0.39 is 11.9 Å². The lowest BCUT2D eigenvalue weighted by Gasteiger charge is -2.37. The van der Waals surface area contributed by atoms with Crippen molar-refractivity contribution in [2.24, 2.45) is 5.92 Å². The number of aliphatic carboxylic acids is 1. The second-order valence-electron chi connectivity index (χ2n) is 6.52. The van der Waals surface area contributed by atoms with E-state index in [0.29, 0.717) is 24.9 Å². The van der Waals surface area contributed by atoms with Gasteiger partial charge in [0.1, 0.15) is 0 Å². The molecule has 0 radical (unpaired) electrons. The molecule has 1 N–H and O–H groups in total. The van der Waals surface area contributed by atoms with E-state index in [0.717, 1.165) is 16.8 Å². The fourth-order valence-electron chi connectivity index (χ4n) is 3.58. The SMILES string of the molecule is Cc1c(C(=O)N2CCC[C@@H](C(=O)O)[C@H]2C)cccc1-c1ccccn1. The lowest BCUT2D eigenvalue weighted by atomic mass is 9.89. The Hall–Kier alpha value is -2.69. The predicted octanol–water partition coefficient (Wildman–Crippen LogP) is 3.38. The van der Waals surface area contributed by atoms with E-state index in [1.54, 1.807) is 17.2 Å². The van der Waals surface area contributed by atoms with Gasteiger partial charge in [-0.15, -0.1) is 0 Å². The molecular formula is C20H22N2O3. The van der Waals surface area contributed by atoms with E-state index in [1.165, 1.54) is 0 Å². The Morgan fingerprint density at radius 1 is 1.20 bits per heavy atom. The summed E-state index contributed by atoms with van der Waals surface area (Å²) in [7, 11) is 0. The number of hydrogen-bond donors (Lipinski definition) is 1. The zero-order valence-electron chi connectivity index (χ0n) is 14.5. The summed E-state index contributed by atoms with van der Waals surface area (Å²) >= 11 is 0. The lowest BCUT2D eigenvalue weighted by Crippen LogP contribution is -2.49. The first-order chi connectivity index (χ1) is 12.0. The molecule has 1 fully saturated rings. The van der Waals surface area contributed by atoms with Crippen LogP contribution in [0.25, 0.3) is 11.3 Å². The van der Waals surface area contributed by atoms with Crippen molar-refractivity contribution < 1.29 is 14.7 Å². The van der Waals surface area contributed by atoms with Gasteiger partial charge in [-0.05, 0) is 50.5 Å². The summed E-state index contributed by atoms with van der Waals surface area (Å²) in [4.78, 5) is 30.6. The minimum Gasteiger partial charge on any atom is -0.481 e. The highest BCUT2D eigenvalue weighted by atomic mass is 16.4. The van der Waals surface area contributed by atoms with Crippen LogP contribution in [0.15, 0.2) is 42.6 Å². The van der Waals surface area contributed by atoms with Crippen molar-refractivity contribution in [3.63, 3.8) is 0 Å². The molecule has 0 bridgehead atoms. The predicted molar refractivity (Wildman–Crippen MR) is 95.3 cm³/mol. The van der Waals surface area contributed by atoms with E-state index in [4.69, 9.17) is 0 Å². The van der Waals surface area contributed by atoms with Crippen LogP contribution in [0, 0.1) is 12.8 Å². The van der Waals surface area contributed by atoms with Crippen molar-refractivity contribution >= 4 is 11.9 Å². The molecule has 2 atom stereocenters. The molecule has 25 heavy (non-hydrogen) atoms. The summed E-state index contributed by atoms with van der Waals surface area (Å²) in [6, 6.07) is 11.0. The summed E-state index contributed by atoms with van der Waals surface area (Å²) in [5.74, 6) is -1.44. The van der Waals surface area contributed by atoms with E-state index in [1.807, 2.05) is 44.2 Å². The Balaban J connectivity index is 1.94.